The van der Waals surface area contributed by atoms with Gasteiger partial charge in [0.2, 0.25) is 21.8 Å². The Kier molecular flexibility index (Phi) is 7.07. The van der Waals surface area contributed by atoms with Crippen molar-refractivity contribution >= 4 is 39.1 Å². The second-order valence-corrected chi connectivity index (χ2v) is 10.8. The molecule has 2 amide bonds. The van der Waals surface area contributed by atoms with Crippen molar-refractivity contribution in [1.29, 1.82) is 0 Å². The molecule has 0 aliphatic carbocycles. The van der Waals surface area contributed by atoms with Crippen molar-refractivity contribution < 1.29 is 18.0 Å². The van der Waals surface area contributed by atoms with E-state index >= 15 is 0 Å². The number of hydrogen-bond donors (Lipinski definition) is 1. The Morgan fingerprint density at radius 1 is 1.06 bits per heavy atom. The summed E-state index contributed by atoms with van der Waals surface area (Å²) in [7, 11) is -3.60. The van der Waals surface area contributed by atoms with Crippen LogP contribution in [0, 0.1) is 0 Å². The smallest absolute Gasteiger partial charge is 0.243 e. The van der Waals surface area contributed by atoms with Gasteiger partial charge in [0.05, 0.1) is 4.90 Å². The van der Waals surface area contributed by atoms with Crippen LogP contribution in [0.15, 0.2) is 47.4 Å². The Balaban J connectivity index is 1.56. The van der Waals surface area contributed by atoms with Gasteiger partial charge in [-0.25, -0.2) is 8.42 Å². The van der Waals surface area contributed by atoms with Crippen molar-refractivity contribution in [2.24, 2.45) is 0 Å². The summed E-state index contributed by atoms with van der Waals surface area (Å²) in [5.74, 6) is -0.449. The molecule has 0 radical (unpaired) electrons. The van der Waals surface area contributed by atoms with Crippen LogP contribution in [0.3, 0.4) is 0 Å². The number of anilines is 1. The molecule has 0 aromatic heterocycles. The van der Waals surface area contributed by atoms with E-state index in [-0.39, 0.29) is 29.6 Å². The van der Waals surface area contributed by atoms with Crippen LogP contribution >= 0.6 is 11.6 Å². The average molecular weight is 490 g/mol. The van der Waals surface area contributed by atoms with Gasteiger partial charge in [-0.2, -0.15) is 4.31 Å². The molecule has 0 spiro atoms. The Hall–Kier alpha value is -2.42. The number of piperidine rings is 1. The molecule has 1 saturated heterocycles. The van der Waals surface area contributed by atoms with E-state index in [4.69, 9.17) is 11.6 Å². The van der Waals surface area contributed by atoms with Gasteiger partial charge in [0.1, 0.15) is 6.04 Å². The SMILES string of the molecule is CCC(=O)N1c2ccc(S(=O)(=O)N3CCCCC3)cc2CC1C(=O)NCc1ccc(Cl)cc1. The fourth-order valence-corrected chi connectivity index (χ4v) is 6.13. The first kappa shape index (κ1) is 23.7. The van der Waals surface area contributed by atoms with E-state index in [1.807, 2.05) is 12.1 Å². The van der Waals surface area contributed by atoms with Gasteiger partial charge in [-0.15, -0.1) is 0 Å². The molecule has 2 heterocycles. The van der Waals surface area contributed by atoms with Gasteiger partial charge in [-0.3, -0.25) is 14.5 Å². The van der Waals surface area contributed by atoms with Crippen LogP contribution in [-0.4, -0.2) is 43.7 Å². The predicted octanol–water partition coefficient (Wildman–Crippen LogP) is 3.50. The van der Waals surface area contributed by atoms with Crippen molar-refractivity contribution in [2.45, 2.75) is 56.5 Å². The van der Waals surface area contributed by atoms with Crippen molar-refractivity contribution in [1.82, 2.24) is 9.62 Å². The number of benzene rings is 2. The molecule has 33 heavy (non-hydrogen) atoms. The summed E-state index contributed by atoms with van der Waals surface area (Å²) in [6.45, 7) is 3.11. The number of carbonyl (C=O) groups excluding carboxylic acids is 2. The highest BCUT2D eigenvalue weighted by Gasteiger charge is 2.38. The maximum absolute atomic E-state index is 13.1. The van der Waals surface area contributed by atoms with Crippen molar-refractivity contribution in [2.75, 3.05) is 18.0 Å². The number of hydrogen-bond acceptors (Lipinski definition) is 4. The summed E-state index contributed by atoms with van der Waals surface area (Å²) in [5.41, 5.74) is 2.19. The van der Waals surface area contributed by atoms with Crippen molar-refractivity contribution in [3.8, 4) is 0 Å². The summed E-state index contributed by atoms with van der Waals surface area (Å²) in [6.07, 6.45) is 3.28. The van der Waals surface area contributed by atoms with E-state index in [9.17, 15) is 18.0 Å². The molecule has 9 heteroatoms. The Labute approximate surface area is 199 Å². The average Bonchev–Trinajstić information content (AvgIpc) is 3.22. The lowest BCUT2D eigenvalue weighted by Crippen LogP contribution is -2.47. The third-order valence-corrected chi connectivity index (χ3v) is 8.39. The minimum atomic E-state index is -3.60. The highest BCUT2D eigenvalue weighted by Crippen LogP contribution is 2.35. The molecule has 4 rings (SSSR count). The topological polar surface area (TPSA) is 86.8 Å². The first-order valence-corrected chi connectivity index (χ1v) is 13.1. The van der Waals surface area contributed by atoms with Gasteiger partial charge in [-0.1, -0.05) is 37.1 Å². The molecular formula is C24H28ClN3O4S. The number of rotatable bonds is 6. The summed E-state index contributed by atoms with van der Waals surface area (Å²) in [6, 6.07) is 11.3. The van der Waals surface area contributed by atoms with E-state index < -0.39 is 16.1 Å². The zero-order valence-corrected chi connectivity index (χ0v) is 20.2. The molecule has 0 saturated carbocycles. The minimum absolute atomic E-state index is 0.174. The van der Waals surface area contributed by atoms with Gasteiger partial charge >= 0.3 is 0 Å². The van der Waals surface area contributed by atoms with Crippen LogP contribution in [-0.2, 0) is 32.6 Å². The molecule has 2 aromatic carbocycles. The lowest BCUT2D eigenvalue weighted by Gasteiger charge is -2.26. The lowest BCUT2D eigenvalue weighted by molar-refractivity contribution is -0.126. The quantitative estimate of drug-likeness (QED) is 0.672. The summed E-state index contributed by atoms with van der Waals surface area (Å²) < 4.78 is 27.8. The highest BCUT2D eigenvalue weighted by molar-refractivity contribution is 7.89. The molecular weight excluding hydrogens is 462 g/mol. The minimum Gasteiger partial charge on any atom is -0.350 e. The third kappa shape index (κ3) is 4.93. The summed E-state index contributed by atoms with van der Waals surface area (Å²) in [4.78, 5) is 27.5. The number of nitrogens with zero attached hydrogens (tertiary/aromatic N) is 2. The van der Waals surface area contributed by atoms with Crippen LogP contribution in [0.5, 0.6) is 0 Å². The number of nitrogens with one attached hydrogen (secondary N) is 1. The standard InChI is InChI=1S/C24H28ClN3O4S/c1-2-23(29)28-21-11-10-20(33(31,32)27-12-4-3-5-13-27)14-18(21)15-22(28)24(30)26-16-17-6-8-19(25)9-7-17/h6-11,14,22H,2-5,12-13,15-16H2,1H3,(H,26,30). The van der Waals surface area contributed by atoms with E-state index in [0.29, 0.717) is 35.9 Å². The van der Waals surface area contributed by atoms with Crippen LogP contribution in [0.4, 0.5) is 5.69 Å². The van der Waals surface area contributed by atoms with Crippen LogP contribution in [0.1, 0.15) is 43.7 Å². The summed E-state index contributed by atoms with van der Waals surface area (Å²) >= 11 is 5.92. The molecule has 1 atom stereocenters. The van der Waals surface area contributed by atoms with Crippen LogP contribution in [0.25, 0.3) is 0 Å². The zero-order valence-electron chi connectivity index (χ0n) is 18.6. The Morgan fingerprint density at radius 3 is 2.42 bits per heavy atom. The first-order valence-electron chi connectivity index (χ1n) is 11.3. The fraction of sp³-hybridized carbons (Fsp3) is 0.417. The van der Waals surface area contributed by atoms with E-state index in [1.54, 1.807) is 37.3 Å². The molecule has 1 N–H and O–H groups in total. The van der Waals surface area contributed by atoms with Gasteiger partial charge in [0.25, 0.3) is 0 Å². The van der Waals surface area contributed by atoms with E-state index in [0.717, 1.165) is 24.8 Å². The lowest BCUT2D eigenvalue weighted by atomic mass is 10.1. The molecule has 1 fully saturated rings. The van der Waals surface area contributed by atoms with Crippen LogP contribution in [0.2, 0.25) is 5.02 Å². The normalized spacial score (nSPS) is 18.7. The molecule has 7 nitrogen and oxygen atoms in total. The largest absolute Gasteiger partial charge is 0.350 e. The molecule has 1 unspecified atom stereocenters. The monoisotopic (exact) mass is 489 g/mol. The maximum Gasteiger partial charge on any atom is 0.243 e. The second-order valence-electron chi connectivity index (χ2n) is 8.44. The van der Waals surface area contributed by atoms with E-state index in [1.165, 1.54) is 9.21 Å². The fourth-order valence-electron chi connectivity index (χ4n) is 4.44. The maximum atomic E-state index is 13.1. The van der Waals surface area contributed by atoms with Crippen molar-refractivity contribution in [3.63, 3.8) is 0 Å². The van der Waals surface area contributed by atoms with E-state index in [2.05, 4.69) is 5.32 Å². The number of sulfonamides is 1. The first-order chi connectivity index (χ1) is 15.8. The Morgan fingerprint density at radius 2 is 1.76 bits per heavy atom. The molecule has 2 aliphatic heterocycles. The predicted molar refractivity (Wildman–Crippen MR) is 128 cm³/mol. The van der Waals surface area contributed by atoms with Crippen LogP contribution < -0.4 is 10.2 Å². The molecule has 2 aromatic rings. The zero-order chi connectivity index (χ0) is 23.6. The molecule has 2 aliphatic rings. The van der Waals surface area contributed by atoms with Gasteiger partial charge in [-0.05, 0) is 54.3 Å². The molecule has 0 bridgehead atoms. The number of carbonyl (C=O) groups is 2. The number of fused-ring (bicyclic) bond motifs is 1. The Bertz CT molecular complexity index is 1140. The highest BCUT2D eigenvalue weighted by atomic mass is 35.5. The second kappa shape index (κ2) is 9.83. The molecule has 176 valence electrons. The van der Waals surface area contributed by atoms with Crippen molar-refractivity contribution in [3.05, 3.63) is 58.6 Å². The third-order valence-electron chi connectivity index (χ3n) is 6.24. The number of halogens is 1. The number of amides is 2. The van der Waals surface area contributed by atoms with Gasteiger partial charge in [0, 0.05) is 43.2 Å². The van der Waals surface area contributed by atoms with Gasteiger partial charge in [0.15, 0.2) is 0 Å². The van der Waals surface area contributed by atoms with Gasteiger partial charge < -0.3 is 5.32 Å². The summed E-state index contributed by atoms with van der Waals surface area (Å²) in [5, 5.41) is 3.52.